The van der Waals surface area contributed by atoms with Crippen LogP contribution in [0, 0.1) is 0 Å². The molecule has 2 nitrogen and oxygen atoms in total. The average molecular weight is 413 g/mol. The zero-order valence-corrected chi connectivity index (χ0v) is 17.7. The van der Waals surface area contributed by atoms with Gasteiger partial charge >= 0.3 is 0 Å². The number of benzene rings is 5. The Bertz CT molecular complexity index is 1460. The molecule has 0 unspecified atom stereocenters. The van der Waals surface area contributed by atoms with Crippen LogP contribution in [-0.2, 0) is 0 Å². The first-order valence-corrected chi connectivity index (χ1v) is 10.7. The molecule has 5 rings (SSSR count). The van der Waals surface area contributed by atoms with E-state index in [1.807, 2.05) is 60.7 Å². The van der Waals surface area contributed by atoms with Gasteiger partial charge in [0, 0.05) is 22.5 Å². The van der Waals surface area contributed by atoms with Crippen LogP contribution in [0.1, 0.15) is 22.3 Å². The Balaban J connectivity index is 1.78. The standard InChI is InChI=1S/C30H24N2/c31-28(19-21-9-3-1-4-10-21)27-18-17-25-24-14-8-7-13-23(24)15-16-26(25)30(27)29(32)20-22-11-5-2-6-12-22/h1-20H,31-32H2. The molecule has 0 spiro atoms. The van der Waals surface area contributed by atoms with Crippen molar-refractivity contribution in [2.45, 2.75) is 0 Å². The molecule has 0 aromatic heterocycles. The third kappa shape index (κ3) is 3.75. The molecular formula is C30H24N2. The molecule has 0 aliphatic rings. The zero-order valence-electron chi connectivity index (χ0n) is 17.7. The highest BCUT2D eigenvalue weighted by atomic mass is 14.6. The molecule has 0 aliphatic carbocycles. The van der Waals surface area contributed by atoms with Crippen molar-refractivity contribution in [1.82, 2.24) is 0 Å². The molecule has 32 heavy (non-hydrogen) atoms. The van der Waals surface area contributed by atoms with Crippen LogP contribution in [0.3, 0.4) is 0 Å². The second-order valence-electron chi connectivity index (χ2n) is 7.89. The Labute approximate surface area is 188 Å². The summed E-state index contributed by atoms with van der Waals surface area (Å²) in [5, 5.41) is 4.67. The van der Waals surface area contributed by atoms with Crippen LogP contribution < -0.4 is 11.5 Å². The maximum atomic E-state index is 6.75. The number of hydrogen-bond donors (Lipinski definition) is 2. The molecule has 0 radical (unpaired) electrons. The minimum Gasteiger partial charge on any atom is -0.398 e. The van der Waals surface area contributed by atoms with Crippen LogP contribution in [0.4, 0.5) is 0 Å². The lowest BCUT2D eigenvalue weighted by Crippen LogP contribution is -2.06. The van der Waals surface area contributed by atoms with Crippen LogP contribution in [0.2, 0.25) is 0 Å². The van der Waals surface area contributed by atoms with E-state index in [4.69, 9.17) is 11.5 Å². The summed E-state index contributed by atoms with van der Waals surface area (Å²) in [6.07, 6.45) is 4.02. The minimum atomic E-state index is 0.686. The highest BCUT2D eigenvalue weighted by Crippen LogP contribution is 2.34. The van der Waals surface area contributed by atoms with Crippen LogP contribution in [0.15, 0.2) is 109 Å². The third-order valence-corrected chi connectivity index (χ3v) is 5.77. The maximum absolute atomic E-state index is 6.75. The predicted molar refractivity (Wildman–Crippen MR) is 138 cm³/mol. The molecule has 0 fully saturated rings. The summed E-state index contributed by atoms with van der Waals surface area (Å²) in [5.41, 5.74) is 18.8. The van der Waals surface area contributed by atoms with Crippen LogP contribution in [-0.4, -0.2) is 0 Å². The van der Waals surface area contributed by atoms with Crippen molar-refractivity contribution in [3.63, 3.8) is 0 Å². The second-order valence-corrected chi connectivity index (χ2v) is 7.89. The number of nitrogens with two attached hydrogens (primary N) is 2. The quantitative estimate of drug-likeness (QED) is 0.249. The summed E-state index contributed by atoms with van der Waals surface area (Å²) in [6.45, 7) is 0. The van der Waals surface area contributed by atoms with E-state index in [1.165, 1.54) is 16.2 Å². The molecule has 154 valence electrons. The SMILES string of the molecule is NC(=Cc1ccccc1)c1ccc2c(ccc3ccccc32)c1C(N)=Cc1ccccc1. The lowest BCUT2D eigenvalue weighted by Gasteiger charge is -2.16. The van der Waals surface area contributed by atoms with Gasteiger partial charge in [-0.05, 0) is 44.8 Å². The molecule has 5 aromatic carbocycles. The van der Waals surface area contributed by atoms with Gasteiger partial charge in [0.15, 0.2) is 0 Å². The van der Waals surface area contributed by atoms with Crippen molar-refractivity contribution < 1.29 is 0 Å². The van der Waals surface area contributed by atoms with E-state index in [0.717, 1.165) is 27.6 Å². The van der Waals surface area contributed by atoms with Crippen molar-refractivity contribution in [1.29, 1.82) is 0 Å². The predicted octanol–water partition coefficient (Wildman–Crippen LogP) is 6.91. The molecule has 0 saturated carbocycles. The molecule has 4 N–H and O–H groups in total. The lowest BCUT2D eigenvalue weighted by molar-refractivity contribution is 1.48. The second kappa shape index (κ2) is 8.44. The Kier molecular flexibility index (Phi) is 5.19. The Morgan fingerprint density at radius 2 is 1.03 bits per heavy atom. The van der Waals surface area contributed by atoms with Crippen molar-refractivity contribution in [3.05, 3.63) is 131 Å². The molecule has 0 bridgehead atoms. The fourth-order valence-electron chi connectivity index (χ4n) is 4.25. The summed E-state index contributed by atoms with van der Waals surface area (Å²) in [5.74, 6) is 0. The molecule has 5 aromatic rings. The Morgan fingerprint density at radius 3 is 1.72 bits per heavy atom. The summed E-state index contributed by atoms with van der Waals surface area (Å²) in [7, 11) is 0. The van der Waals surface area contributed by atoms with Gasteiger partial charge in [-0.3, -0.25) is 0 Å². The van der Waals surface area contributed by atoms with Gasteiger partial charge in [-0.2, -0.15) is 0 Å². The van der Waals surface area contributed by atoms with E-state index in [0.29, 0.717) is 11.4 Å². The van der Waals surface area contributed by atoms with Gasteiger partial charge in [-0.15, -0.1) is 0 Å². The Hall–Kier alpha value is -4.30. The van der Waals surface area contributed by atoms with E-state index >= 15 is 0 Å². The van der Waals surface area contributed by atoms with E-state index in [1.54, 1.807) is 0 Å². The lowest BCUT2D eigenvalue weighted by atomic mass is 9.91. The average Bonchev–Trinajstić information content (AvgIpc) is 2.84. The van der Waals surface area contributed by atoms with Crippen LogP contribution in [0.5, 0.6) is 0 Å². The number of hydrogen-bond acceptors (Lipinski definition) is 2. The van der Waals surface area contributed by atoms with Crippen molar-refractivity contribution >= 4 is 45.1 Å². The minimum absolute atomic E-state index is 0.686. The molecule has 0 amide bonds. The van der Waals surface area contributed by atoms with Gasteiger partial charge in [-0.25, -0.2) is 0 Å². The molecule has 2 heteroatoms. The largest absolute Gasteiger partial charge is 0.398 e. The summed E-state index contributed by atoms with van der Waals surface area (Å²) >= 11 is 0. The monoisotopic (exact) mass is 412 g/mol. The normalized spacial score (nSPS) is 12.4. The number of fused-ring (bicyclic) bond motifs is 3. The molecule has 0 heterocycles. The maximum Gasteiger partial charge on any atom is 0.0406 e. The van der Waals surface area contributed by atoms with Crippen molar-refractivity contribution in [3.8, 4) is 0 Å². The zero-order chi connectivity index (χ0) is 21.9. The smallest absolute Gasteiger partial charge is 0.0406 e. The van der Waals surface area contributed by atoms with Gasteiger partial charge in [0.25, 0.3) is 0 Å². The molecule has 0 saturated heterocycles. The number of rotatable bonds is 4. The van der Waals surface area contributed by atoms with Crippen LogP contribution >= 0.6 is 0 Å². The van der Waals surface area contributed by atoms with E-state index < -0.39 is 0 Å². The van der Waals surface area contributed by atoms with Gasteiger partial charge < -0.3 is 11.5 Å². The first-order chi connectivity index (χ1) is 15.7. The van der Waals surface area contributed by atoms with Gasteiger partial charge in [0.2, 0.25) is 0 Å². The first-order valence-electron chi connectivity index (χ1n) is 10.7. The van der Waals surface area contributed by atoms with Crippen molar-refractivity contribution in [2.24, 2.45) is 11.5 Å². The highest BCUT2D eigenvalue weighted by molar-refractivity contribution is 6.13. The fourth-order valence-corrected chi connectivity index (χ4v) is 4.25. The Morgan fingerprint density at radius 1 is 0.469 bits per heavy atom. The van der Waals surface area contributed by atoms with Crippen molar-refractivity contribution in [2.75, 3.05) is 0 Å². The highest BCUT2D eigenvalue weighted by Gasteiger charge is 2.14. The molecule has 0 atom stereocenters. The first kappa shape index (κ1) is 19.7. The summed E-state index contributed by atoms with van der Waals surface area (Å²) in [4.78, 5) is 0. The van der Waals surface area contributed by atoms with Gasteiger partial charge in [-0.1, -0.05) is 109 Å². The summed E-state index contributed by atoms with van der Waals surface area (Å²) in [6, 6.07) is 37.2. The van der Waals surface area contributed by atoms with Gasteiger partial charge in [0.05, 0.1) is 0 Å². The van der Waals surface area contributed by atoms with E-state index in [2.05, 4.69) is 60.7 Å². The van der Waals surface area contributed by atoms with Crippen LogP contribution in [0.25, 0.3) is 45.1 Å². The topological polar surface area (TPSA) is 52.0 Å². The molecule has 0 aliphatic heterocycles. The van der Waals surface area contributed by atoms with E-state index in [-0.39, 0.29) is 0 Å². The summed E-state index contributed by atoms with van der Waals surface area (Å²) < 4.78 is 0. The fraction of sp³-hybridized carbons (Fsp3) is 0. The third-order valence-electron chi connectivity index (χ3n) is 5.77. The van der Waals surface area contributed by atoms with E-state index in [9.17, 15) is 0 Å². The van der Waals surface area contributed by atoms with Gasteiger partial charge in [0.1, 0.15) is 0 Å². The molecular weight excluding hydrogens is 388 g/mol.